The lowest BCUT2D eigenvalue weighted by Gasteiger charge is -2.26. The van der Waals surface area contributed by atoms with E-state index >= 15 is 0 Å². The van der Waals surface area contributed by atoms with Crippen LogP contribution in [0.25, 0.3) is 98.8 Å². The Balaban J connectivity index is 0.931. The number of para-hydroxylation sites is 1. The summed E-state index contributed by atoms with van der Waals surface area (Å²) in [6, 6.07) is 85.6. The number of hydrogen-bond donors (Lipinski definition) is 0. The highest BCUT2D eigenvalue weighted by molar-refractivity contribution is 6.14. The zero-order chi connectivity index (χ0) is 41.0. The molecule has 0 aliphatic carbocycles. The fraction of sp³-hybridized carbons (Fsp3) is 0. The maximum Gasteiger partial charge on any atom is 0.135 e. The summed E-state index contributed by atoms with van der Waals surface area (Å²) in [7, 11) is 0. The highest BCUT2D eigenvalue weighted by Gasteiger charge is 2.16. The Kier molecular flexibility index (Phi) is 8.53. The minimum atomic E-state index is 0.904. The SMILES string of the molecule is c1cc(-c2ccc(N(c3ccc(-c4ccc5oc6ccccc6c5c4)cc3)c3ccc(-c4cc5ccccc5c5ccccc45)cc3)cc2)cc(-c2cccc3ccccc23)c1. The molecule has 1 heterocycles. The molecule has 0 aliphatic heterocycles. The van der Waals surface area contributed by atoms with Crippen LogP contribution in [0.5, 0.6) is 0 Å². The third-order valence-electron chi connectivity index (χ3n) is 12.5. The number of nitrogens with zero attached hydrogens (tertiary/aromatic N) is 1. The summed E-state index contributed by atoms with van der Waals surface area (Å²) in [4.78, 5) is 2.36. The molecule has 290 valence electrons. The summed E-state index contributed by atoms with van der Waals surface area (Å²) in [5.41, 5.74) is 14.6. The number of furan rings is 1. The van der Waals surface area contributed by atoms with Crippen LogP contribution in [0.15, 0.2) is 241 Å². The van der Waals surface area contributed by atoms with Crippen molar-refractivity contribution in [3.05, 3.63) is 237 Å². The van der Waals surface area contributed by atoms with Crippen LogP contribution < -0.4 is 4.90 Å². The molecule has 0 spiro atoms. The zero-order valence-electron chi connectivity index (χ0n) is 33.9. The molecule has 0 saturated heterocycles. The molecule has 1 aromatic heterocycles. The van der Waals surface area contributed by atoms with Gasteiger partial charge < -0.3 is 9.32 Å². The summed E-state index contributed by atoms with van der Waals surface area (Å²) >= 11 is 0. The minimum absolute atomic E-state index is 0.904. The van der Waals surface area contributed by atoms with E-state index in [-0.39, 0.29) is 0 Å². The van der Waals surface area contributed by atoms with Crippen molar-refractivity contribution in [2.45, 2.75) is 0 Å². The van der Waals surface area contributed by atoms with E-state index in [4.69, 9.17) is 4.42 Å². The van der Waals surface area contributed by atoms with Crippen LogP contribution in [0.3, 0.4) is 0 Å². The van der Waals surface area contributed by atoms with Crippen LogP contribution >= 0.6 is 0 Å². The van der Waals surface area contributed by atoms with E-state index in [2.05, 4.69) is 229 Å². The Hall–Kier alpha value is -8.20. The largest absolute Gasteiger partial charge is 0.456 e. The molecule has 0 atom stereocenters. The van der Waals surface area contributed by atoms with Gasteiger partial charge in [0.15, 0.2) is 0 Å². The van der Waals surface area contributed by atoms with Crippen molar-refractivity contribution < 1.29 is 4.42 Å². The molecule has 0 radical (unpaired) electrons. The summed E-state index contributed by atoms with van der Waals surface area (Å²) in [5.74, 6) is 0. The Bertz CT molecular complexity index is 3610. The Morgan fingerprint density at radius 1 is 0.242 bits per heavy atom. The second-order valence-corrected chi connectivity index (χ2v) is 16.1. The molecule has 0 unspecified atom stereocenters. The summed E-state index contributed by atoms with van der Waals surface area (Å²) < 4.78 is 6.14. The van der Waals surface area contributed by atoms with Gasteiger partial charge in [-0.25, -0.2) is 0 Å². The lowest BCUT2D eigenvalue weighted by atomic mass is 9.93. The predicted molar refractivity (Wildman–Crippen MR) is 263 cm³/mol. The van der Waals surface area contributed by atoms with Crippen LogP contribution in [-0.2, 0) is 0 Å². The second kappa shape index (κ2) is 14.8. The molecule has 0 amide bonds. The van der Waals surface area contributed by atoms with Gasteiger partial charge in [-0.3, -0.25) is 0 Å². The van der Waals surface area contributed by atoms with Crippen molar-refractivity contribution in [2.24, 2.45) is 0 Å². The topological polar surface area (TPSA) is 16.4 Å². The number of hydrogen-bond acceptors (Lipinski definition) is 2. The third-order valence-corrected chi connectivity index (χ3v) is 12.5. The Morgan fingerprint density at radius 3 is 1.47 bits per heavy atom. The second-order valence-electron chi connectivity index (χ2n) is 16.1. The zero-order valence-corrected chi connectivity index (χ0v) is 33.9. The fourth-order valence-electron chi connectivity index (χ4n) is 9.39. The van der Waals surface area contributed by atoms with E-state index < -0.39 is 0 Å². The van der Waals surface area contributed by atoms with Crippen LogP contribution in [-0.4, -0.2) is 0 Å². The van der Waals surface area contributed by atoms with Gasteiger partial charge in [0.25, 0.3) is 0 Å². The fourth-order valence-corrected chi connectivity index (χ4v) is 9.39. The lowest BCUT2D eigenvalue weighted by molar-refractivity contribution is 0.669. The van der Waals surface area contributed by atoms with Crippen LogP contribution in [0.2, 0.25) is 0 Å². The minimum Gasteiger partial charge on any atom is -0.456 e. The van der Waals surface area contributed by atoms with Gasteiger partial charge in [-0.1, -0.05) is 170 Å². The summed E-state index contributed by atoms with van der Waals surface area (Å²) in [6.07, 6.45) is 0. The van der Waals surface area contributed by atoms with Crippen molar-refractivity contribution in [3.63, 3.8) is 0 Å². The highest BCUT2D eigenvalue weighted by atomic mass is 16.3. The highest BCUT2D eigenvalue weighted by Crippen LogP contribution is 2.41. The first kappa shape index (κ1) is 35.7. The van der Waals surface area contributed by atoms with Gasteiger partial charge in [0.05, 0.1) is 0 Å². The first-order valence-electron chi connectivity index (χ1n) is 21.2. The molecule has 0 saturated carbocycles. The van der Waals surface area contributed by atoms with Gasteiger partial charge in [-0.15, -0.1) is 0 Å². The van der Waals surface area contributed by atoms with E-state index in [1.165, 1.54) is 65.7 Å². The van der Waals surface area contributed by atoms with Crippen molar-refractivity contribution in [1.29, 1.82) is 0 Å². The quantitative estimate of drug-likeness (QED) is 0.150. The van der Waals surface area contributed by atoms with Gasteiger partial charge in [-0.05, 0) is 144 Å². The normalized spacial score (nSPS) is 11.5. The molecule has 0 bridgehead atoms. The van der Waals surface area contributed by atoms with Gasteiger partial charge >= 0.3 is 0 Å². The molecule has 2 nitrogen and oxygen atoms in total. The maximum atomic E-state index is 6.14. The molecule has 0 fully saturated rings. The third kappa shape index (κ3) is 6.20. The lowest BCUT2D eigenvalue weighted by Crippen LogP contribution is -2.09. The molecule has 0 aliphatic rings. The Labute approximate surface area is 360 Å². The van der Waals surface area contributed by atoms with Gasteiger partial charge in [0.1, 0.15) is 11.2 Å². The molecule has 12 rings (SSSR count). The molecule has 0 N–H and O–H groups in total. The van der Waals surface area contributed by atoms with Crippen molar-refractivity contribution in [1.82, 2.24) is 0 Å². The standard InChI is InChI=1S/C60H39NO/c1-3-16-51-42(11-1)13-10-21-52(51)46-15-9-14-44(37-46)40-23-30-48(31-24-40)61(49-32-25-41(26-33-49)45-29-36-60-58(38-45)56-20-7-8-22-59(56)62-60)50-34-27-43(28-35-50)57-39-47-12-2-4-17-53(47)54-18-5-6-19-55(54)57/h1-39H. The van der Waals surface area contributed by atoms with Crippen LogP contribution in [0, 0.1) is 0 Å². The van der Waals surface area contributed by atoms with E-state index in [0.717, 1.165) is 50.1 Å². The number of anilines is 3. The van der Waals surface area contributed by atoms with Gasteiger partial charge in [-0.2, -0.15) is 0 Å². The summed E-state index contributed by atoms with van der Waals surface area (Å²) in [6.45, 7) is 0. The molecule has 2 heteroatoms. The van der Waals surface area contributed by atoms with E-state index in [1.54, 1.807) is 0 Å². The first-order chi connectivity index (χ1) is 30.7. The molecule has 12 aromatic rings. The molecule has 62 heavy (non-hydrogen) atoms. The number of fused-ring (bicyclic) bond motifs is 7. The summed E-state index contributed by atoms with van der Waals surface area (Å²) in [5, 5.41) is 9.83. The van der Waals surface area contributed by atoms with Crippen molar-refractivity contribution >= 4 is 71.3 Å². The Morgan fingerprint density at radius 2 is 0.742 bits per heavy atom. The smallest absolute Gasteiger partial charge is 0.135 e. The first-order valence-corrected chi connectivity index (χ1v) is 21.2. The van der Waals surface area contributed by atoms with E-state index in [0.29, 0.717) is 0 Å². The number of benzene rings is 11. The van der Waals surface area contributed by atoms with E-state index in [9.17, 15) is 0 Å². The van der Waals surface area contributed by atoms with Gasteiger partial charge in [0, 0.05) is 27.8 Å². The predicted octanol–water partition coefficient (Wildman–Crippen LogP) is 17.2. The monoisotopic (exact) mass is 789 g/mol. The van der Waals surface area contributed by atoms with Crippen LogP contribution in [0.4, 0.5) is 17.1 Å². The van der Waals surface area contributed by atoms with Crippen molar-refractivity contribution in [3.8, 4) is 44.5 Å². The molecule has 11 aromatic carbocycles. The van der Waals surface area contributed by atoms with Gasteiger partial charge in [0.2, 0.25) is 0 Å². The maximum absolute atomic E-state index is 6.14. The molecular formula is C60H39NO. The van der Waals surface area contributed by atoms with E-state index in [1.807, 2.05) is 12.1 Å². The van der Waals surface area contributed by atoms with Crippen LogP contribution in [0.1, 0.15) is 0 Å². The number of rotatable bonds is 7. The molecular weight excluding hydrogens is 751 g/mol. The average molecular weight is 790 g/mol. The van der Waals surface area contributed by atoms with Crippen molar-refractivity contribution in [2.75, 3.05) is 4.90 Å². The average Bonchev–Trinajstić information content (AvgIpc) is 3.72.